The van der Waals surface area contributed by atoms with Gasteiger partial charge in [0.2, 0.25) is 0 Å². The molecule has 2 rings (SSSR count). The smallest absolute Gasteiger partial charge is 0.165 e. The fourth-order valence-electron chi connectivity index (χ4n) is 2.68. The Balaban J connectivity index is 1.97. The molecule has 3 atom stereocenters. The molecular formula is C20H23FO4. The van der Waals surface area contributed by atoms with Gasteiger partial charge in [0.05, 0.1) is 12.4 Å². The Labute approximate surface area is 146 Å². The summed E-state index contributed by atoms with van der Waals surface area (Å²) in [7, 11) is 0. The average Bonchev–Trinajstić information content (AvgIpc) is 3.11. The molecule has 0 amide bonds. The molecule has 25 heavy (non-hydrogen) atoms. The van der Waals surface area contributed by atoms with E-state index in [-0.39, 0.29) is 5.75 Å². The number of rotatable bonds is 8. The fraction of sp³-hybridized carbons (Fsp3) is 0.300. The first-order valence-electron chi connectivity index (χ1n) is 8.10. The third-order valence-electron chi connectivity index (χ3n) is 4.13. The molecule has 0 fully saturated rings. The van der Waals surface area contributed by atoms with E-state index in [2.05, 4.69) is 6.58 Å². The Morgan fingerprint density at radius 3 is 2.68 bits per heavy atom. The number of benzene rings is 1. The highest BCUT2D eigenvalue weighted by atomic mass is 19.1. The SMILES string of the molecule is C=C[C@H]([C@H](O)CC/C(C)=C/c1ccc(O)c(F)c1)[C@H](O)c1ccco1. The minimum absolute atomic E-state index is 0.383. The van der Waals surface area contributed by atoms with E-state index >= 15 is 0 Å². The summed E-state index contributed by atoms with van der Waals surface area (Å²) in [5.41, 5.74) is 1.58. The molecule has 1 aromatic heterocycles. The predicted octanol–water partition coefficient (Wildman–Crippen LogP) is 4.20. The van der Waals surface area contributed by atoms with E-state index in [4.69, 9.17) is 4.42 Å². The molecule has 3 N–H and O–H groups in total. The van der Waals surface area contributed by atoms with Crippen molar-refractivity contribution in [2.75, 3.05) is 0 Å². The average molecular weight is 346 g/mol. The van der Waals surface area contributed by atoms with Crippen molar-refractivity contribution in [2.45, 2.75) is 32.0 Å². The van der Waals surface area contributed by atoms with Crippen LogP contribution >= 0.6 is 0 Å². The van der Waals surface area contributed by atoms with Crippen LogP contribution in [-0.2, 0) is 0 Å². The van der Waals surface area contributed by atoms with Gasteiger partial charge in [-0.2, -0.15) is 0 Å². The van der Waals surface area contributed by atoms with Crippen LogP contribution in [0.25, 0.3) is 6.08 Å². The Kier molecular flexibility index (Phi) is 6.56. The zero-order valence-electron chi connectivity index (χ0n) is 14.1. The summed E-state index contributed by atoms with van der Waals surface area (Å²) in [6.45, 7) is 5.56. The van der Waals surface area contributed by atoms with Gasteiger partial charge in [0.15, 0.2) is 11.6 Å². The number of halogens is 1. The van der Waals surface area contributed by atoms with Crippen molar-refractivity contribution < 1.29 is 24.1 Å². The minimum Gasteiger partial charge on any atom is -0.505 e. The lowest BCUT2D eigenvalue weighted by Gasteiger charge is -2.23. The van der Waals surface area contributed by atoms with Crippen LogP contribution in [0.4, 0.5) is 4.39 Å². The van der Waals surface area contributed by atoms with E-state index in [1.807, 2.05) is 6.92 Å². The summed E-state index contributed by atoms with van der Waals surface area (Å²) in [5, 5.41) is 29.9. The first-order valence-corrected chi connectivity index (χ1v) is 8.10. The summed E-state index contributed by atoms with van der Waals surface area (Å²) in [6, 6.07) is 7.50. The van der Waals surface area contributed by atoms with Crippen LogP contribution in [0.15, 0.2) is 59.2 Å². The summed E-state index contributed by atoms with van der Waals surface area (Å²) < 4.78 is 18.5. The Morgan fingerprint density at radius 1 is 1.32 bits per heavy atom. The maximum Gasteiger partial charge on any atom is 0.165 e. The monoisotopic (exact) mass is 346 g/mol. The molecule has 134 valence electrons. The third-order valence-corrected chi connectivity index (χ3v) is 4.13. The van der Waals surface area contributed by atoms with Gasteiger partial charge in [-0.3, -0.25) is 0 Å². The summed E-state index contributed by atoms with van der Waals surface area (Å²) in [5.74, 6) is -1.22. The predicted molar refractivity (Wildman–Crippen MR) is 94.3 cm³/mol. The molecule has 1 aromatic carbocycles. The normalized spacial score (nSPS) is 15.6. The van der Waals surface area contributed by atoms with Gasteiger partial charge in [0, 0.05) is 5.92 Å². The number of phenolic OH excluding ortho intramolecular Hbond substituents is 1. The lowest BCUT2D eigenvalue weighted by Crippen LogP contribution is -2.24. The molecule has 0 aliphatic heterocycles. The first-order chi connectivity index (χ1) is 11.9. The minimum atomic E-state index is -0.960. The largest absolute Gasteiger partial charge is 0.505 e. The molecule has 0 saturated heterocycles. The van der Waals surface area contributed by atoms with Crippen LogP contribution < -0.4 is 0 Å². The van der Waals surface area contributed by atoms with E-state index in [0.717, 1.165) is 5.57 Å². The van der Waals surface area contributed by atoms with Crippen LogP contribution in [0.5, 0.6) is 5.75 Å². The Bertz CT molecular complexity index is 721. The number of aliphatic hydroxyl groups excluding tert-OH is 2. The molecule has 0 aliphatic carbocycles. The first kappa shape index (κ1) is 19.0. The van der Waals surface area contributed by atoms with Crippen molar-refractivity contribution >= 4 is 6.08 Å². The second kappa shape index (κ2) is 8.65. The summed E-state index contributed by atoms with van der Waals surface area (Å²) >= 11 is 0. The van der Waals surface area contributed by atoms with Gasteiger partial charge in [-0.05, 0) is 49.6 Å². The van der Waals surface area contributed by atoms with Crippen molar-refractivity contribution in [1.82, 2.24) is 0 Å². The molecule has 0 saturated carbocycles. The number of furan rings is 1. The number of hydrogen-bond acceptors (Lipinski definition) is 4. The maximum atomic E-state index is 13.4. The second-order valence-corrected chi connectivity index (χ2v) is 6.08. The lowest BCUT2D eigenvalue weighted by atomic mass is 9.90. The van der Waals surface area contributed by atoms with Gasteiger partial charge in [-0.15, -0.1) is 6.58 Å². The zero-order chi connectivity index (χ0) is 18.4. The van der Waals surface area contributed by atoms with Crippen molar-refractivity contribution in [1.29, 1.82) is 0 Å². The standard InChI is InChI=1S/C20H23FO4/c1-3-15(20(24)19-5-4-10-25-19)17(22)8-6-13(2)11-14-7-9-18(23)16(21)12-14/h3-5,7,9-12,15,17,20,22-24H,1,6,8H2,2H3/b13-11+/t15-,17-,20+/m1/s1. The number of aliphatic hydroxyl groups is 2. The van der Waals surface area contributed by atoms with Gasteiger partial charge in [-0.1, -0.05) is 23.8 Å². The fourth-order valence-corrected chi connectivity index (χ4v) is 2.68. The number of allylic oxidation sites excluding steroid dienone is 1. The third kappa shape index (κ3) is 5.05. The van der Waals surface area contributed by atoms with Crippen LogP contribution in [-0.4, -0.2) is 21.4 Å². The number of hydrogen-bond donors (Lipinski definition) is 3. The molecular weight excluding hydrogens is 323 g/mol. The molecule has 0 bridgehead atoms. The van der Waals surface area contributed by atoms with Crippen LogP contribution in [0.3, 0.4) is 0 Å². The van der Waals surface area contributed by atoms with Crippen molar-refractivity contribution in [3.05, 3.63) is 72.0 Å². The zero-order valence-corrected chi connectivity index (χ0v) is 14.1. The molecule has 2 aromatic rings. The second-order valence-electron chi connectivity index (χ2n) is 6.08. The van der Waals surface area contributed by atoms with E-state index in [9.17, 15) is 19.7 Å². The summed E-state index contributed by atoms with van der Waals surface area (Å²) in [6.07, 6.45) is 4.01. The quantitative estimate of drug-likeness (QED) is 0.626. The van der Waals surface area contributed by atoms with Gasteiger partial charge in [0.1, 0.15) is 11.9 Å². The summed E-state index contributed by atoms with van der Waals surface area (Å²) in [4.78, 5) is 0. The maximum absolute atomic E-state index is 13.4. The van der Waals surface area contributed by atoms with Crippen molar-refractivity contribution in [2.24, 2.45) is 5.92 Å². The Hall–Kier alpha value is -2.37. The van der Waals surface area contributed by atoms with Gasteiger partial charge in [-0.25, -0.2) is 4.39 Å². The van der Waals surface area contributed by atoms with Crippen LogP contribution in [0, 0.1) is 11.7 Å². The lowest BCUT2D eigenvalue weighted by molar-refractivity contribution is 0.0208. The highest BCUT2D eigenvalue weighted by Gasteiger charge is 2.27. The number of aromatic hydroxyl groups is 1. The molecule has 4 nitrogen and oxygen atoms in total. The van der Waals surface area contributed by atoms with Crippen molar-refractivity contribution in [3.63, 3.8) is 0 Å². The van der Waals surface area contributed by atoms with Gasteiger partial charge < -0.3 is 19.7 Å². The Morgan fingerprint density at radius 2 is 2.08 bits per heavy atom. The van der Waals surface area contributed by atoms with Gasteiger partial charge in [0.25, 0.3) is 0 Å². The number of phenols is 1. The highest BCUT2D eigenvalue weighted by molar-refractivity contribution is 5.53. The molecule has 0 aliphatic rings. The molecule has 0 unspecified atom stereocenters. The van der Waals surface area contributed by atoms with E-state index in [0.29, 0.717) is 24.2 Å². The topological polar surface area (TPSA) is 73.8 Å². The van der Waals surface area contributed by atoms with Crippen molar-refractivity contribution in [3.8, 4) is 5.75 Å². The van der Waals surface area contributed by atoms with Crippen LogP contribution in [0.1, 0.15) is 37.2 Å². The van der Waals surface area contributed by atoms with E-state index in [1.54, 1.807) is 24.3 Å². The van der Waals surface area contributed by atoms with Crippen LogP contribution in [0.2, 0.25) is 0 Å². The molecule has 0 radical (unpaired) electrons. The highest BCUT2D eigenvalue weighted by Crippen LogP contribution is 2.29. The van der Waals surface area contributed by atoms with Gasteiger partial charge >= 0.3 is 0 Å². The molecule has 5 heteroatoms. The molecule has 0 spiro atoms. The van der Waals surface area contributed by atoms with E-state index in [1.165, 1.54) is 24.5 Å². The molecule has 1 heterocycles. The van der Waals surface area contributed by atoms with E-state index < -0.39 is 23.9 Å².